The van der Waals surface area contributed by atoms with Crippen molar-refractivity contribution in [3.05, 3.63) is 54.9 Å². The van der Waals surface area contributed by atoms with Crippen LogP contribution < -0.4 is 0 Å². The molecule has 0 aliphatic carbocycles. The van der Waals surface area contributed by atoms with Gasteiger partial charge in [-0.3, -0.25) is 4.98 Å². The number of hydrogen-bond donors (Lipinski definition) is 1. The van der Waals surface area contributed by atoms with Gasteiger partial charge < -0.3 is 4.98 Å². The summed E-state index contributed by atoms with van der Waals surface area (Å²) >= 11 is 0. The zero-order chi connectivity index (χ0) is 10.1. The molecule has 0 saturated carbocycles. The van der Waals surface area contributed by atoms with Gasteiger partial charge in [0.1, 0.15) is 0 Å². The highest BCUT2D eigenvalue weighted by Crippen LogP contribution is 2.25. The van der Waals surface area contributed by atoms with Crippen LogP contribution in [0, 0.1) is 0 Å². The molecule has 2 aromatic heterocycles. The Morgan fingerprint density at radius 1 is 0.933 bits per heavy atom. The van der Waals surface area contributed by atoms with Crippen molar-refractivity contribution in [2.75, 3.05) is 0 Å². The summed E-state index contributed by atoms with van der Waals surface area (Å²) in [5.41, 5.74) is 3.31. The van der Waals surface area contributed by atoms with E-state index >= 15 is 0 Å². The van der Waals surface area contributed by atoms with Crippen LogP contribution in [0.25, 0.3) is 22.2 Å². The average molecular weight is 194 g/mol. The normalized spacial score (nSPS) is 10.7. The molecule has 0 bridgehead atoms. The molecule has 3 aromatic rings. The summed E-state index contributed by atoms with van der Waals surface area (Å²) in [4.78, 5) is 7.61. The van der Waals surface area contributed by atoms with Crippen molar-refractivity contribution >= 4 is 10.9 Å². The highest BCUT2D eigenvalue weighted by molar-refractivity contribution is 5.93. The van der Waals surface area contributed by atoms with Crippen LogP contribution in [0.15, 0.2) is 54.9 Å². The summed E-state index contributed by atoms with van der Waals surface area (Å²) in [6, 6.07) is 14.3. The Morgan fingerprint density at radius 3 is 2.80 bits per heavy atom. The van der Waals surface area contributed by atoms with Crippen LogP contribution in [0.5, 0.6) is 0 Å². The van der Waals surface area contributed by atoms with E-state index in [1.54, 1.807) is 0 Å². The number of pyridine rings is 1. The second-order valence-electron chi connectivity index (χ2n) is 3.46. The minimum atomic E-state index is 1.01. The SMILES string of the molecule is c1ccc(-c2cccc3cc[nH]c23)nc1. The molecule has 72 valence electrons. The van der Waals surface area contributed by atoms with Crippen molar-refractivity contribution in [2.24, 2.45) is 0 Å². The molecule has 3 rings (SSSR count). The Hall–Kier alpha value is -2.09. The summed E-state index contributed by atoms with van der Waals surface area (Å²) in [6.07, 6.45) is 3.77. The minimum absolute atomic E-state index is 1.01. The largest absolute Gasteiger partial charge is 0.361 e. The maximum atomic E-state index is 4.36. The Labute approximate surface area is 87.6 Å². The molecule has 0 unspecified atom stereocenters. The molecule has 0 spiro atoms. The maximum absolute atomic E-state index is 4.36. The van der Waals surface area contributed by atoms with E-state index in [-0.39, 0.29) is 0 Å². The number of fused-ring (bicyclic) bond motifs is 1. The van der Waals surface area contributed by atoms with Crippen LogP contribution in [-0.4, -0.2) is 9.97 Å². The van der Waals surface area contributed by atoms with Crippen molar-refractivity contribution in [1.82, 2.24) is 9.97 Å². The average Bonchev–Trinajstić information content (AvgIpc) is 2.78. The van der Waals surface area contributed by atoms with Gasteiger partial charge in [0.05, 0.1) is 11.2 Å². The number of aromatic amines is 1. The molecule has 0 fully saturated rings. The summed E-state index contributed by atoms with van der Waals surface area (Å²) in [6.45, 7) is 0. The van der Waals surface area contributed by atoms with Crippen molar-refractivity contribution in [3.63, 3.8) is 0 Å². The van der Waals surface area contributed by atoms with Crippen LogP contribution in [-0.2, 0) is 0 Å². The zero-order valence-corrected chi connectivity index (χ0v) is 8.14. The number of nitrogens with one attached hydrogen (secondary N) is 1. The third-order valence-electron chi connectivity index (χ3n) is 2.53. The van der Waals surface area contributed by atoms with Gasteiger partial charge in [-0.05, 0) is 18.2 Å². The second-order valence-corrected chi connectivity index (χ2v) is 3.46. The fourth-order valence-electron chi connectivity index (χ4n) is 1.82. The first-order valence-corrected chi connectivity index (χ1v) is 4.93. The van der Waals surface area contributed by atoms with Crippen molar-refractivity contribution in [2.45, 2.75) is 0 Å². The van der Waals surface area contributed by atoms with E-state index in [1.807, 2.05) is 30.6 Å². The maximum Gasteiger partial charge on any atom is 0.0723 e. The van der Waals surface area contributed by atoms with Gasteiger partial charge >= 0.3 is 0 Å². The van der Waals surface area contributed by atoms with E-state index in [1.165, 1.54) is 5.39 Å². The molecule has 0 atom stereocenters. The summed E-state index contributed by atoms with van der Waals surface area (Å²) in [7, 11) is 0. The molecule has 0 aliphatic rings. The van der Waals surface area contributed by atoms with Gasteiger partial charge in [0.25, 0.3) is 0 Å². The number of hydrogen-bond acceptors (Lipinski definition) is 1. The molecule has 15 heavy (non-hydrogen) atoms. The van der Waals surface area contributed by atoms with Gasteiger partial charge in [-0.25, -0.2) is 0 Å². The van der Waals surface area contributed by atoms with Crippen LogP contribution in [0.3, 0.4) is 0 Å². The van der Waals surface area contributed by atoms with Gasteiger partial charge in [0.2, 0.25) is 0 Å². The van der Waals surface area contributed by atoms with E-state index < -0.39 is 0 Å². The topological polar surface area (TPSA) is 28.7 Å². The summed E-state index contributed by atoms with van der Waals surface area (Å²) in [5.74, 6) is 0. The van der Waals surface area contributed by atoms with Gasteiger partial charge in [0.15, 0.2) is 0 Å². The molecule has 0 aliphatic heterocycles. The van der Waals surface area contributed by atoms with Gasteiger partial charge in [-0.1, -0.05) is 24.3 Å². The predicted octanol–water partition coefficient (Wildman–Crippen LogP) is 3.23. The van der Waals surface area contributed by atoms with Crippen LogP contribution in [0.2, 0.25) is 0 Å². The van der Waals surface area contributed by atoms with Gasteiger partial charge in [-0.15, -0.1) is 0 Å². The number of nitrogens with zero attached hydrogens (tertiary/aromatic N) is 1. The number of rotatable bonds is 1. The summed E-state index contributed by atoms with van der Waals surface area (Å²) in [5, 5.41) is 1.22. The lowest BCUT2D eigenvalue weighted by molar-refractivity contribution is 1.33. The first-order chi connectivity index (χ1) is 7.45. The molecule has 0 saturated heterocycles. The van der Waals surface area contributed by atoms with Gasteiger partial charge in [-0.2, -0.15) is 0 Å². The molecular weight excluding hydrogens is 184 g/mol. The smallest absolute Gasteiger partial charge is 0.0723 e. The highest BCUT2D eigenvalue weighted by atomic mass is 14.7. The third kappa shape index (κ3) is 1.31. The molecule has 0 amide bonds. The van der Waals surface area contributed by atoms with Crippen molar-refractivity contribution in [3.8, 4) is 11.3 Å². The number of para-hydroxylation sites is 1. The molecule has 2 nitrogen and oxygen atoms in total. The third-order valence-corrected chi connectivity index (χ3v) is 2.53. The molecule has 1 aromatic carbocycles. The van der Waals surface area contributed by atoms with Crippen molar-refractivity contribution < 1.29 is 0 Å². The predicted molar refractivity (Wildman–Crippen MR) is 61.5 cm³/mol. The molecule has 2 heterocycles. The monoisotopic (exact) mass is 194 g/mol. The fourth-order valence-corrected chi connectivity index (χ4v) is 1.82. The Morgan fingerprint density at radius 2 is 1.93 bits per heavy atom. The second kappa shape index (κ2) is 3.24. The highest BCUT2D eigenvalue weighted by Gasteiger charge is 2.03. The van der Waals surface area contributed by atoms with E-state index in [0.717, 1.165) is 16.8 Å². The number of benzene rings is 1. The Kier molecular flexibility index (Phi) is 1.78. The lowest BCUT2D eigenvalue weighted by Crippen LogP contribution is -1.83. The lowest BCUT2D eigenvalue weighted by Gasteiger charge is -2.01. The van der Waals surface area contributed by atoms with E-state index in [0.29, 0.717) is 0 Å². The Balaban J connectivity index is 2.31. The number of H-pyrrole nitrogens is 1. The summed E-state index contributed by atoms with van der Waals surface area (Å²) < 4.78 is 0. The molecular formula is C13H10N2. The van der Waals surface area contributed by atoms with Crippen LogP contribution in [0.4, 0.5) is 0 Å². The van der Waals surface area contributed by atoms with Crippen molar-refractivity contribution in [1.29, 1.82) is 0 Å². The fraction of sp³-hybridized carbons (Fsp3) is 0. The van der Waals surface area contributed by atoms with E-state index in [2.05, 4.69) is 34.2 Å². The standard InChI is InChI=1S/C13H10N2/c1-2-8-14-12(6-1)11-5-3-4-10-7-9-15-13(10)11/h1-9,15H. The first-order valence-electron chi connectivity index (χ1n) is 4.93. The van der Waals surface area contributed by atoms with E-state index in [4.69, 9.17) is 0 Å². The van der Waals surface area contributed by atoms with E-state index in [9.17, 15) is 0 Å². The minimum Gasteiger partial charge on any atom is -0.361 e. The molecule has 0 radical (unpaired) electrons. The quantitative estimate of drug-likeness (QED) is 0.633. The molecule has 1 N–H and O–H groups in total. The first kappa shape index (κ1) is 8.24. The van der Waals surface area contributed by atoms with Crippen LogP contribution >= 0.6 is 0 Å². The zero-order valence-electron chi connectivity index (χ0n) is 8.14. The number of aromatic nitrogens is 2. The molecule has 2 heteroatoms. The Bertz CT molecular complexity index is 582. The van der Waals surface area contributed by atoms with Crippen LogP contribution in [0.1, 0.15) is 0 Å². The van der Waals surface area contributed by atoms with Gasteiger partial charge in [0, 0.05) is 23.3 Å². The lowest BCUT2D eigenvalue weighted by atomic mass is 10.1.